The molecular weight excluding hydrogens is 148 g/mol. The number of allylic oxidation sites excluding steroid dienone is 1. The molecule has 0 aliphatic heterocycles. The maximum atomic E-state index is 5.28. The minimum Gasteiger partial charge on any atom is -0.496 e. The fourth-order valence-corrected chi connectivity index (χ4v) is 1.64. The summed E-state index contributed by atoms with van der Waals surface area (Å²) in [5.41, 5.74) is 2.66. The van der Waals surface area contributed by atoms with Crippen LogP contribution in [0.25, 0.3) is 5.76 Å². The minimum absolute atomic E-state index is 1.02. The topological polar surface area (TPSA) is 9.23 Å². The first-order valence-corrected chi connectivity index (χ1v) is 4.24. The Morgan fingerprint density at radius 1 is 1.25 bits per heavy atom. The molecule has 1 aliphatic carbocycles. The molecule has 0 radical (unpaired) electrons. The van der Waals surface area contributed by atoms with Crippen molar-refractivity contribution in [1.29, 1.82) is 0 Å². The molecule has 1 heteroatoms. The van der Waals surface area contributed by atoms with Gasteiger partial charge in [-0.15, -0.1) is 0 Å². The van der Waals surface area contributed by atoms with E-state index in [1.807, 2.05) is 0 Å². The van der Waals surface area contributed by atoms with Crippen LogP contribution in [0.5, 0.6) is 0 Å². The third-order valence-corrected chi connectivity index (χ3v) is 2.25. The lowest BCUT2D eigenvalue weighted by molar-refractivity contribution is 0.366. The van der Waals surface area contributed by atoms with Gasteiger partial charge in [-0.05, 0) is 24.5 Å². The molecule has 0 spiro atoms. The summed E-state index contributed by atoms with van der Waals surface area (Å²) in [5.74, 6) is 1.02. The Balaban J connectivity index is 2.48. The molecule has 1 aromatic carbocycles. The van der Waals surface area contributed by atoms with Crippen LogP contribution in [0.15, 0.2) is 30.3 Å². The Bertz CT molecular complexity index is 313. The lowest BCUT2D eigenvalue weighted by Gasteiger charge is -2.15. The maximum Gasteiger partial charge on any atom is 0.122 e. The molecule has 0 saturated heterocycles. The van der Waals surface area contributed by atoms with Crippen molar-refractivity contribution in [2.24, 2.45) is 0 Å². The van der Waals surface area contributed by atoms with E-state index in [0.29, 0.717) is 0 Å². The van der Waals surface area contributed by atoms with Crippen molar-refractivity contribution in [1.82, 2.24) is 0 Å². The quantitative estimate of drug-likeness (QED) is 0.613. The molecule has 0 heterocycles. The first-order chi connectivity index (χ1) is 5.92. The molecule has 0 unspecified atom stereocenters. The SMILES string of the molecule is COC1=CCCc2ccccc21. The Morgan fingerprint density at radius 3 is 2.92 bits per heavy atom. The van der Waals surface area contributed by atoms with Crippen molar-refractivity contribution in [3.8, 4) is 0 Å². The summed E-state index contributed by atoms with van der Waals surface area (Å²) >= 11 is 0. The molecule has 62 valence electrons. The molecule has 2 rings (SSSR count). The second-order valence-electron chi connectivity index (χ2n) is 2.97. The maximum absolute atomic E-state index is 5.28. The highest BCUT2D eigenvalue weighted by Gasteiger charge is 2.10. The lowest BCUT2D eigenvalue weighted by Crippen LogP contribution is -2.00. The summed E-state index contributed by atoms with van der Waals surface area (Å²) in [4.78, 5) is 0. The summed E-state index contributed by atoms with van der Waals surface area (Å²) < 4.78 is 5.28. The van der Waals surface area contributed by atoms with Crippen LogP contribution in [-0.4, -0.2) is 7.11 Å². The Morgan fingerprint density at radius 2 is 2.08 bits per heavy atom. The van der Waals surface area contributed by atoms with Gasteiger partial charge in [0.15, 0.2) is 0 Å². The standard InChI is InChI=1S/C11H12O/c1-12-11-8-4-6-9-5-2-3-7-10(9)11/h2-3,5,7-8H,4,6H2,1H3. The summed E-state index contributed by atoms with van der Waals surface area (Å²) in [6.45, 7) is 0. The Labute approximate surface area is 72.7 Å². The summed E-state index contributed by atoms with van der Waals surface area (Å²) in [7, 11) is 1.73. The van der Waals surface area contributed by atoms with E-state index in [9.17, 15) is 0 Å². The third kappa shape index (κ3) is 1.11. The van der Waals surface area contributed by atoms with E-state index >= 15 is 0 Å². The van der Waals surface area contributed by atoms with Crippen molar-refractivity contribution in [2.45, 2.75) is 12.8 Å². The molecular formula is C11H12O. The fraction of sp³-hybridized carbons (Fsp3) is 0.273. The van der Waals surface area contributed by atoms with Gasteiger partial charge in [0.25, 0.3) is 0 Å². The zero-order valence-electron chi connectivity index (χ0n) is 7.21. The number of benzene rings is 1. The van der Waals surface area contributed by atoms with Gasteiger partial charge in [0.2, 0.25) is 0 Å². The van der Waals surface area contributed by atoms with E-state index in [-0.39, 0.29) is 0 Å². The number of fused-ring (bicyclic) bond motifs is 1. The van der Waals surface area contributed by atoms with Gasteiger partial charge in [-0.25, -0.2) is 0 Å². The number of aryl methyl sites for hydroxylation is 1. The van der Waals surface area contributed by atoms with Gasteiger partial charge in [0, 0.05) is 5.56 Å². The highest BCUT2D eigenvalue weighted by atomic mass is 16.5. The van der Waals surface area contributed by atoms with Gasteiger partial charge in [-0.1, -0.05) is 24.3 Å². The number of ether oxygens (including phenoxy) is 1. The average Bonchev–Trinajstić information content (AvgIpc) is 2.17. The average molecular weight is 160 g/mol. The van der Waals surface area contributed by atoms with Crippen LogP contribution in [0, 0.1) is 0 Å². The molecule has 1 nitrogen and oxygen atoms in total. The normalized spacial score (nSPS) is 14.9. The van der Waals surface area contributed by atoms with Gasteiger partial charge >= 0.3 is 0 Å². The molecule has 0 fully saturated rings. The van der Waals surface area contributed by atoms with E-state index in [2.05, 4.69) is 30.3 Å². The van der Waals surface area contributed by atoms with Gasteiger partial charge < -0.3 is 4.74 Å². The van der Waals surface area contributed by atoms with Gasteiger partial charge in [0.05, 0.1) is 7.11 Å². The molecule has 1 aliphatic rings. The first-order valence-electron chi connectivity index (χ1n) is 4.24. The van der Waals surface area contributed by atoms with Gasteiger partial charge in [0.1, 0.15) is 5.76 Å². The van der Waals surface area contributed by atoms with E-state index in [1.54, 1.807) is 7.11 Å². The van der Waals surface area contributed by atoms with E-state index in [1.165, 1.54) is 11.1 Å². The van der Waals surface area contributed by atoms with Crippen LogP contribution >= 0.6 is 0 Å². The molecule has 0 amide bonds. The van der Waals surface area contributed by atoms with Gasteiger partial charge in [-0.2, -0.15) is 0 Å². The highest BCUT2D eigenvalue weighted by molar-refractivity contribution is 5.64. The number of hydrogen-bond acceptors (Lipinski definition) is 1. The fourth-order valence-electron chi connectivity index (χ4n) is 1.64. The van der Waals surface area contributed by atoms with Crippen molar-refractivity contribution >= 4 is 5.76 Å². The monoisotopic (exact) mass is 160 g/mol. The molecule has 0 aromatic heterocycles. The van der Waals surface area contributed by atoms with Gasteiger partial charge in [-0.3, -0.25) is 0 Å². The summed E-state index contributed by atoms with van der Waals surface area (Å²) in [6, 6.07) is 8.42. The van der Waals surface area contributed by atoms with Crippen molar-refractivity contribution in [3.63, 3.8) is 0 Å². The van der Waals surface area contributed by atoms with Crippen LogP contribution in [0.1, 0.15) is 17.5 Å². The van der Waals surface area contributed by atoms with E-state index in [0.717, 1.165) is 18.6 Å². The minimum atomic E-state index is 1.02. The highest BCUT2D eigenvalue weighted by Crippen LogP contribution is 2.25. The van der Waals surface area contributed by atoms with Crippen LogP contribution in [0.4, 0.5) is 0 Å². The molecule has 0 saturated carbocycles. The second-order valence-corrected chi connectivity index (χ2v) is 2.97. The van der Waals surface area contributed by atoms with E-state index < -0.39 is 0 Å². The third-order valence-electron chi connectivity index (χ3n) is 2.25. The smallest absolute Gasteiger partial charge is 0.122 e. The molecule has 0 N–H and O–H groups in total. The molecule has 0 bridgehead atoms. The largest absolute Gasteiger partial charge is 0.496 e. The number of rotatable bonds is 1. The van der Waals surface area contributed by atoms with Crippen molar-refractivity contribution < 1.29 is 4.74 Å². The van der Waals surface area contributed by atoms with E-state index in [4.69, 9.17) is 4.74 Å². The predicted molar refractivity (Wildman–Crippen MR) is 49.7 cm³/mol. The lowest BCUT2D eigenvalue weighted by atomic mass is 9.96. The van der Waals surface area contributed by atoms with Crippen LogP contribution in [-0.2, 0) is 11.2 Å². The Hall–Kier alpha value is -1.24. The first kappa shape index (κ1) is 7.41. The van der Waals surface area contributed by atoms with Crippen molar-refractivity contribution in [2.75, 3.05) is 7.11 Å². The second kappa shape index (κ2) is 3.02. The zero-order chi connectivity index (χ0) is 8.39. The van der Waals surface area contributed by atoms with Crippen molar-refractivity contribution in [3.05, 3.63) is 41.5 Å². The Kier molecular flexibility index (Phi) is 1.86. The summed E-state index contributed by atoms with van der Waals surface area (Å²) in [5, 5.41) is 0. The zero-order valence-corrected chi connectivity index (χ0v) is 7.21. The molecule has 1 aromatic rings. The van der Waals surface area contributed by atoms with Crippen LogP contribution in [0.2, 0.25) is 0 Å². The summed E-state index contributed by atoms with van der Waals surface area (Å²) in [6.07, 6.45) is 4.39. The molecule has 0 atom stereocenters. The van der Waals surface area contributed by atoms with Crippen LogP contribution < -0.4 is 0 Å². The number of methoxy groups -OCH3 is 1. The molecule has 12 heavy (non-hydrogen) atoms. The van der Waals surface area contributed by atoms with Crippen LogP contribution in [0.3, 0.4) is 0 Å². The predicted octanol–water partition coefficient (Wildman–Crippen LogP) is 2.62. The number of hydrogen-bond donors (Lipinski definition) is 0.